The van der Waals surface area contributed by atoms with Crippen molar-refractivity contribution in [2.45, 2.75) is 17.1 Å². The summed E-state index contributed by atoms with van der Waals surface area (Å²) in [5.41, 5.74) is 21.4. The fourth-order valence-corrected chi connectivity index (χ4v) is 1.53. The predicted octanol–water partition coefficient (Wildman–Crippen LogP) is 2.89. The van der Waals surface area contributed by atoms with Gasteiger partial charge in [0, 0.05) is 0 Å². The van der Waals surface area contributed by atoms with Crippen LogP contribution in [0.4, 0.5) is 0 Å². The molecule has 0 fully saturated rings. The first-order chi connectivity index (χ1) is 4.39. The molecule has 56 valence electrons. The van der Waals surface area contributed by atoms with Gasteiger partial charge in [0.1, 0.15) is 0 Å². The van der Waals surface area contributed by atoms with E-state index in [1.54, 1.807) is 17.1 Å². The first-order valence-electron chi connectivity index (χ1n) is 2.54. The summed E-state index contributed by atoms with van der Waals surface area (Å²) in [7, 11) is 0. The van der Waals surface area contributed by atoms with E-state index >= 15 is 0 Å². The Morgan fingerprint density at radius 1 is 1.00 bits per heavy atom. The van der Waals surface area contributed by atoms with E-state index in [1.807, 2.05) is 0 Å². The molecule has 0 heterocycles. The molecule has 0 unspecified atom stereocenters. The van der Waals surface area contributed by atoms with Crippen molar-refractivity contribution in [1.29, 1.82) is 0 Å². The third-order valence-electron chi connectivity index (χ3n) is 0.697. The first-order valence-corrected chi connectivity index (χ1v) is 9.85. The van der Waals surface area contributed by atoms with E-state index in [0.717, 1.165) is 0 Å². The molecule has 0 amide bonds. The van der Waals surface area contributed by atoms with Crippen molar-refractivity contribution in [3.05, 3.63) is 20.9 Å². The van der Waals surface area contributed by atoms with E-state index in [9.17, 15) is 0 Å². The van der Waals surface area contributed by atoms with Gasteiger partial charge >= 0.3 is 59.0 Å². The zero-order valence-electron chi connectivity index (χ0n) is 6.13. The summed E-state index contributed by atoms with van der Waals surface area (Å²) < 4.78 is 7.04. The Balaban J connectivity index is 4.94. The van der Waals surface area contributed by atoms with Crippen LogP contribution in [-0.2, 0) is 0 Å². The molecule has 0 N–H and O–H groups in total. The van der Waals surface area contributed by atoms with Crippen LogP contribution in [0.5, 0.6) is 0 Å². The third-order valence-corrected chi connectivity index (χ3v) is 3.62. The topological polar surface area (TPSA) is 97.5 Å². The molecule has 0 aliphatic heterocycles. The number of rotatable bonds is 2. The molecule has 0 bridgehead atoms. The average Bonchev–Trinajstić information content (AvgIpc) is 1.61. The van der Waals surface area contributed by atoms with Crippen LogP contribution in [0, 0.1) is 0 Å². The minimum atomic E-state index is -3.25. The van der Waals surface area contributed by atoms with E-state index in [-0.39, 0.29) is 0 Å². The van der Waals surface area contributed by atoms with Gasteiger partial charge in [-0.25, -0.2) is 0 Å². The molecule has 7 heteroatoms. The Morgan fingerprint density at radius 2 is 1.30 bits per heavy atom. The fraction of sp³-hybridized carbons (Fsp3) is 1.00. The molecule has 0 atom stereocenters. The van der Waals surface area contributed by atoms with E-state index in [4.69, 9.17) is 11.1 Å². The van der Waals surface area contributed by atoms with Crippen LogP contribution in [-0.4, -0.2) is 12.9 Å². The predicted molar refractivity (Wildman–Crippen MR) is 41.6 cm³/mol. The fourth-order valence-electron chi connectivity index (χ4n) is 0.294. The standard InChI is InChI=1S/C3H9AsN6/c1-4(2,3,7-9-5)8-10-6/h1-3H3. The van der Waals surface area contributed by atoms with Gasteiger partial charge in [-0.15, -0.1) is 0 Å². The molecule has 0 rings (SSSR count). The molecule has 0 saturated heterocycles. The van der Waals surface area contributed by atoms with E-state index in [1.165, 1.54) is 0 Å². The Hall–Kier alpha value is -0.822. The van der Waals surface area contributed by atoms with Crippen molar-refractivity contribution in [2.75, 3.05) is 0 Å². The van der Waals surface area contributed by atoms with Gasteiger partial charge in [0.05, 0.1) is 0 Å². The van der Waals surface area contributed by atoms with Crippen molar-refractivity contribution < 1.29 is 0 Å². The Labute approximate surface area is 59.6 Å². The Morgan fingerprint density at radius 3 is 1.50 bits per heavy atom. The maximum absolute atomic E-state index is 8.11. The second kappa shape index (κ2) is 2.43. The molecule has 0 saturated carbocycles. The van der Waals surface area contributed by atoms with Crippen molar-refractivity contribution in [3.8, 4) is 0 Å². The van der Waals surface area contributed by atoms with Crippen LogP contribution < -0.4 is 0 Å². The molecular formula is C3H9AsN6. The minimum absolute atomic E-state index is 1.72. The van der Waals surface area contributed by atoms with Crippen LogP contribution >= 0.6 is 0 Å². The number of azide groups is 1. The van der Waals surface area contributed by atoms with Crippen LogP contribution in [0.3, 0.4) is 0 Å². The van der Waals surface area contributed by atoms with Crippen LogP contribution in [0.2, 0.25) is 17.1 Å². The molecule has 0 aromatic heterocycles. The molecule has 10 heavy (non-hydrogen) atoms. The van der Waals surface area contributed by atoms with Crippen LogP contribution in [0.1, 0.15) is 0 Å². The molecule has 0 aromatic carbocycles. The quantitative estimate of drug-likeness (QED) is 0.286. The normalized spacial score (nSPS) is 13.7. The summed E-state index contributed by atoms with van der Waals surface area (Å²) in [5.74, 6) is 0. The maximum atomic E-state index is 8.11. The first kappa shape index (κ1) is 9.18. The van der Waals surface area contributed by atoms with Crippen molar-refractivity contribution >= 4 is 12.9 Å². The summed E-state index contributed by atoms with van der Waals surface area (Å²) in [6.07, 6.45) is 0. The number of hydrogen-bond donors (Lipinski definition) is 0. The van der Waals surface area contributed by atoms with E-state index in [2.05, 4.69) is 17.9 Å². The Kier molecular flexibility index (Phi) is 2.23. The molecule has 0 spiro atoms. The van der Waals surface area contributed by atoms with Crippen molar-refractivity contribution in [3.63, 3.8) is 0 Å². The number of hydrogen-bond acceptors (Lipinski definition) is 2. The van der Waals surface area contributed by atoms with Crippen molar-refractivity contribution in [2.24, 2.45) is 8.06 Å². The molecule has 0 aromatic rings. The molecule has 6 nitrogen and oxygen atoms in total. The van der Waals surface area contributed by atoms with E-state index < -0.39 is 12.9 Å². The van der Waals surface area contributed by atoms with Gasteiger partial charge in [-0.3, -0.25) is 0 Å². The van der Waals surface area contributed by atoms with Gasteiger partial charge < -0.3 is 0 Å². The molecule has 0 aliphatic rings. The number of nitrogens with zero attached hydrogens (tertiary/aromatic N) is 6. The summed E-state index contributed by atoms with van der Waals surface area (Å²) in [6, 6.07) is 0. The van der Waals surface area contributed by atoms with Crippen LogP contribution in [0.25, 0.3) is 20.9 Å². The average molecular weight is 204 g/mol. The summed E-state index contributed by atoms with van der Waals surface area (Å²) in [6.45, 7) is 0. The summed E-state index contributed by atoms with van der Waals surface area (Å²) >= 11 is -3.25. The van der Waals surface area contributed by atoms with E-state index in [0.29, 0.717) is 0 Å². The SMILES string of the molecule is C[As](C)(C)(N=[N+]=[N-])N=[N+]=[N-]. The zero-order valence-corrected chi connectivity index (χ0v) is 8.01. The van der Waals surface area contributed by atoms with Crippen molar-refractivity contribution in [1.82, 2.24) is 0 Å². The third kappa shape index (κ3) is 3.25. The van der Waals surface area contributed by atoms with Gasteiger partial charge in [-0.1, -0.05) is 0 Å². The summed E-state index contributed by atoms with van der Waals surface area (Å²) in [5, 5.41) is 0. The molecular weight excluding hydrogens is 195 g/mol. The monoisotopic (exact) mass is 204 g/mol. The second-order valence-corrected chi connectivity index (χ2v) is 14.8. The summed E-state index contributed by atoms with van der Waals surface area (Å²) in [4.78, 5) is 5.28. The zero-order chi connectivity index (χ0) is 8.28. The molecule has 0 aliphatic carbocycles. The van der Waals surface area contributed by atoms with Gasteiger partial charge in [0.25, 0.3) is 0 Å². The van der Waals surface area contributed by atoms with Gasteiger partial charge in [0.2, 0.25) is 0 Å². The van der Waals surface area contributed by atoms with Crippen LogP contribution in [0.15, 0.2) is 8.06 Å². The molecule has 0 radical (unpaired) electrons. The van der Waals surface area contributed by atoms with Gasteiger partial charge in [0.15, 0.2) is 0 Å². The second-order valence-electron chi connectivity index (χ2n) is 2.99. The van der Waals surface area contributed by atoms with Gasteiger partial charge in [-0.2, -0.15) is 0 Å². The Bertz CT molecular complexity index is 201. The van der Waals surface area contributed by atoms with Gasteiger partial charge in [-0.05, 0) is 0 Å².